The van der Waals surface area contributed by atoms with Crippen LogP contribution in [0.5, 0.6) is 11.5 Å². The van der Waals surface area contributed by atoms with E-state index in [9.17, 15) is 0 Å². The molecule has 0 spiro atoms. The molecule has 2 aromatic carbocycles. The summed E-state index contributed by atoms with van der Waals surface area (Å²) in [5.74, 6) is 2.95. The van der Waals surface area contributed by atoms with Crippen molar-refractivity contribution < 1.29 is 9.47 Å². The smallest absolute Gasteiger partial charge is 0.120 e. The van der Waals surface area contributed by atoms with Crippen LogP contribution in [0.25, 0.3) is 0 Å². The van der Waals surface area contributed by atoms with E-state index in [0.29, 0.717) is 11.8 Å². The monoisotopic (exact) mass is 427 g/mol. The second kappa shape index (κ2) is 11.0. The topological polar surface area (TPSA) is 21.7 Å². The Kier molecular flexibility index (Phi) is 8.38. The van der Waals surface area contributed by atoms with Gasteiger partial charge in [-0.2, -0.15) is 0 Å². The molecule has 0 saturated carbocycles. The molecule has 30 heavy (non-hydrogen) atoms. The number of hydrogen-bond donors (Lipinski definition) is 0. The van der Waals surface area contributed by atoms with Gasteiger partial charge >= 0.3 is 0 Å². The molecule has 0 N–H and O–H groups in total. The Hall–Kier alpha value is -1.81. The molecule has 2 aromatic rings. The Morgan fingerprint density at radius 3 is 1.77 bits per heavy atom. The second-order valence-electron chi connectivity index (χ2n) is 8.98. The van der Waals surface area contributed by atoms with Gasteiger partial charge in [0, 0.05) is 16.3 Å². The highest BCUT2D eigenvalue weighted by Crippen LogP contribution is 2.50. The van der Waals surface area contributed by atoms with Crippen LogP contribution in [-0.2, 0) is 0 Å². The Bertz CT molecular complexity index is 757. The summed E-state index contributed by atoms with van der Waals surface area (Å²) in [5.41, 5.74) is 2.58. The highest BCUT2D eigenvalue weighted by atomic mass is 32.2. The zero-order valence-corrected chi connectivity index (χ0v) is 20.1. The lowest BCUT2D eigenvalue weighted by Gasteiger charge is -2.33. The fourth-order valence-corrected chi connectivity index (χ4v) is 4.64. The number of fused-ring (bicyclic) bond motifs is 2. The minimum Gasteiger partial charge on any atom is -0.493 e. The maximum Gasteiger partial charge on any atom is 0.120 e. The molecule has 1 heterocycles. The molecule has 0 saturated heterocycles. The first-order valence-electron chi connectivity index (χ1n) is 11.5. The molecule has 3 rings (SSSR count). The van der Waals surface area contributed by atoms with E-state index in [0.717, 1.165) is 31.3 Å². The van der Waals surface area contributed by atoms with E-state index < -0.39 is 0 Å². The first-order chi connectivity index (χ1) is 14.5. The zero-order valence-electron chi connectivity index (χ0n) is 19.2. The van der Waals surface area contributed by atoms with Crippen LogP contribution in [0.1, 0.15) is 60.3 Å². The van der Waals surface area contributed by atoms with Crippen LogP contribution >= 0.6 is 11.8 Å². The van der Waals surface area contributed by atoms with E-state index >= 15 is 0 Å². The summed E-state index contributed by atoms with van der Waals surface area (Å²) in [6.07, 6.45) is 5.03. The zero-order chi connectivity index (χ0) is 21.5. The molecule has 1 aliphatic rings. The van der Waals surface area contributed by atoms with Crippen molar-refractivity contribution in [2.45, 2.75) is 70.1 Å². The average Bonchev–Trinajstić information content (AvgIpc) is 2.72. The molecule has 3 nitrogen and oxygen atoms in total. The summed E-state index contributed by atoms with van der Waals surface area (Å²) >= 11 is 1.83. The third-order valence-electron chi connectivity index (χ3n) is 5.07. The van der Waals surface area contributed by atoms with Gasteiger partial charge in [0.2, 0.25) is 0 Å². The number of nitrogens with zero attached hydrogens (tertiary/aromatic N) is 1. The number of ether oxygens (including phenoxy) is 2. The highest BCUT2D eigenvalue weighted by Gasteiger charge is 2.24. The van der Waals surface area contributed by atoms with Crippen molar-refractivity contribution in [2.75, 3.05) is 24.7 Å². The van der Waals surface area contributed by atoms with Crippen LogP contribution in [0.4, 0.5) is 11.4 Å². The highest BCUT2D eigenvalue weighted by molar-refractivity contribution is 7.99. The third kappa shape index (κ3) is 6.10. The molecule has 0 atom stereocenters. The minimum atomic E-state index is 0.519. The standard InChI is InChI=1S/C26H37NO2S/c1-6-7-8-9-14-27-23-12-10-21(28-17-19(2)3)15-25(23)30-26-16-22(11-13-24(26)27)29-18-20(4)5/h10-13,15-16,19-20H,6-9,14,17-18H2,1-5H3. The first-order valence-corrected chi connectivity index (χ1v) is 12.3. The van der Waals surface area contributed by atoms with Crippen molar-refractivity contribution in [3.8, 4) is 11.5 Å². The lowest BCUT2D eigenvalue weighted by Crippen LogP contribution is -2.22. The molecule has 0 aromatic heterocycles. The molecule has 0 amide bonds. The van der Waals surface area contributed by atoms with Gasteiger partial charge in [0.05, 0.1) is 24.6 Å². The van der Waals surface area contributed by atoms with Crippen LogP contribution in [0.3, 0.4) is 0 Å². The SMILES string of the molecule is CCCCCCN1c2ccc(OCC(C)C)cc2Sc2cc(OCC(C)C)ccc21. The molecule has 1 aliphatic heterocycles. The predicted octanol–water partition coefficient (Wildman–Crippen LogP) is 7.94. The van der Waals surface area contributed by atoms with Gasteiger partial charge in [0.15, 0.2) is 0 Å². The number of anilines is 2. The molecular formula is C26H37NO2S. The number of unbranched alkanes of at least 4 members (excludes halogenated alkanes) is 3. The van der Waals surface area contributed by atoms with Crippen LogP contribution in [0.2, 0.25) is 0 Å². The normalized spacial score (nSPS) is 12.8. The lowest BCUT2D eigenvalue weighted by molar-refractivity contribution is 0.270. The number of hydrogen-bond acceptors (Lipinski definition) is 4. The lowest BCUT2D eigenvalue weighted by atomic mass is 10.1. The van der Waals surface area contributed by atoms with Gasteiger partial charge in [-0.05, 0) is 54.7 Å². The van der Waals surface area contributed by atoms with E-state index in [-0.39, 0.29) is 0 Å². The summed E-state index contributed by atoms with van der Waals surface area (Å²) in [6, 6.07) is 13.1. The van der Waals surface area contributed by atoms with Gasteiger partial charge in [-0.1, -0.05) is 65.6 Å². The maximum atomic E-state index is 6.00. The van der Waals surface area contributed by atoms with Crippen molar-refractivity contribution in [1.29, 1.82) is 0 Å². The average molecular weight is 428 g/mol. The van der Waals surface area contributed by atoms with E-state index in [1.54, 1.807) is 0 Å². The largest absolute Gasteiger partial charge is 0.493 e. The number of benzene rings is 2. The Labute approximate surface area is 187 Å². The van der Waals surface area contributed by atoms with Crippen LogP contribution in [0, 0.1) is 11.8 Å². The van der Waals surface area contributed by atoms with Gasteiger partial charge in [0.25, 0.3) is 0 Å². The van der Waals surface area contributed by atoms with Gasteiger partial charge in [-0.3, -0.25) is 0 Å². The minimum absolute atomic E-state index is 0.519. The molecule has 0 unspecified atom stereocenters. The molecule has 0 aliphatic carbocycles. The van der Waals surface area contributed by atoms with Crippen molar-refractivity contribution >= 4 is 23.1 Å². The van der Waals surface area contributed by atoms with E-state index in [2.05, 4.69) is 75.9 Å². The molecule has 0 radical (unpaired) electrons. The van der Waals surface area contributed by atoms with Crippen LogP contribution in [0.15, 0.2) is 46.2 Å². The Morgan fingerprint density at radius 2 is 1.30 bits per heavy atom. The summed E-state index contributed by atoms with van der Waals surface area (Å²) in [4.78, 5) is 5.01. The summed E-state index contributed by atoms with van der Waals surface area (Å²) in [7, 11) is 0. The third-order valence-corrected chi connectivity index (χ3v) is 6.16. The van der Waals surface area contributed by atoms with E-state index in [1.165, 1.54) is 46.8 Å². The number of rotatable bonds is 11. The maximum absolute atomic E-state index is 6.00. The Morgan fingerprint density at radius 1 is 0.767 bits per heavy atom. The van der Waals surface area contributed by atoms with Gasteiger partial charge in [0.1, 0.15) is 11.5 Å². The fraction of sp³-hybridized carbons (Fsp3) is 0.538. The molecular weight excluding hydrogens is 390 g/mol. The van der Waals surface area contributed by atoms with Crippen molar-refractivity contribution in [3.05, 3.63) is 36.4 Å². The second-order valence-corrected chi connectivity index (χ2v) is 10.1. The predicted molar refractivity (Wildman–Crippen MR) is 129 cm³/mol. The Balaban J connectivity index is 1.86. The van der Waals surface area contributed by atoms with Gasteiger partial charge in [-0.15, -0.1) is 0 Å². The molecule has 0 bridgehead atoms. The van der Waals surface area contributed by atoms with Crippen LogP contribution < -0.4 is 14.4 Å². The van der Waals surface area contributed by atoms with Gasteiger partial charge < -0.3 is 14.4 Å². The van der Waals surface area contributed by atoms with Gasteiger partial charge in [-0.25, -0.2) is 0 Å². The van der Waals surface area contributed by atoms with Crippen molar-refractivity contribution in [3.63, 3.8) is 0 Å². The van der Waals surface area contributed by atoms with E-state index in [1.807, 2.05) is 11.8 Å². The molecule has 164 valence electrons. The van der Waals surface area contributed by atoms with Crippen molar-refractivity contribution in [1.82, 2.24) is 0 Å². The fourth-order valence-electron chi connectivity index (χ4n) is 3.49. The summed E-state index contributed by atoms with van der Waals surface area (Å²) < 4.78 is 12.0. The summed E-state index contributed by atoms with van der Waals surface area (Å²) in [6.45, 7) is 13.5. The first kappa shape index (κ1) is 22.9. The molecule has 4 heteroatoms. The van der Waals surface area contributed by atoms with Crippen molar-refractivity contribution in [2.24, 2.45) is 11.8 Å². The summed E-state index contributed by atoms with van der Waals surface area (Å²) in [5, 5.41) is 0. The quantitative estimate of drug-likeness (QED) is 0.339. The van der Waals surface area contributed by atoms with Crippen LogP contribution in [-0.4, -0.2) is 19.8 Å². The molecule has 0 fully saturated rings. The van der Waals surface area contributed by atoms with E-state index in [4.69, 9.17) is 9.47 Å².